The Balaban J connectivity index is 1.63. The number of benzene rings is 2. The molecule has 0 saturated carbocycles. The molecule has 34 heavy (non-hydrogen) atoms. The molecule has 0 atom stereocenters. The molecule has 7 heteroatoms. The maximum absolute atomic E-state index is 12.5. The lowest BCUT2D eigenvalue weighted by Crippen LogP contribution is -2.13. The lowest BCUT2D eigenvalue weighted by Gasteiger charge is -2.07. The average Bonchev–Trinajstić information content (AvgIpc) is 3.12. The molecule has 2 aromatic carbocycles. The van der Waals surface area contributed by atoms with Gasteiger partial charge in [0.2, 0.25) is 5.91 Å². The topological polar surface area (TPSA) is 97.0 Å². The Morgan fingerprint density at radius 3 is 2.50 bits per heavy atom. The average molecular weight is 455 g/mol. The molecular formula is C27H26N4O3. The predicted molar refractivity (Wildman–Crippen MR) is 129 cm³/mol. The summed E-state index contributed by atoms with van der Waals surface area (Å²) in [5.74, 6) is 5.59. The summed E-state index contributed by atoms with van der Waals surface area (Å²) in [6.07, 6.45) is 1.30. The van der Waals surface area contributed by atoms with Gasteiger partial charge < -0.3 is 10.1 Å². The maximum Gasteiger partial charge on any atom is 0.337 e. The van der Waals surface area contributed by atoms with Crippen LogP contribution in [0.5, 0.6) is 0 Å². The summed E-state index contributed by atoms with van der Waals surface area (Å²) in [6.45, 7) is 4.44. The number of nitrogens with one attached hydrogen (secondary N) is 1. The number of carbonyl (C=O) groups is 2. The second-order valence-corrected chi connectivity index (χ2v) is 7.73. The Morgan fingerprint density at radius 1 is 1.09 bits per heavy atom. The minimum absolute atomic E-state index is 0.0977. The molecule has 0 radical (unpaired) electrons. The van der Waals surface area contributed by atoms with E-state index in [1.165, 1.54) is 7.11 Å². The Hall–Kier alpha value is -4.36. The monoisotopic (exact) mass is 454 g/mol. The normalized spacial score (nSPS) is 10.1. The van der Waals surface area contributed by atoms with Crippen LogP contribution in [0.3, 0.4) is 0 Å². The summed E-state index contributed by atoms with van der Waals surface area (Å²) in [5, 5.41) is 16.2. The van der Waals surface area contributed by atoms with Crippen LogP contribution in [0, 0.1) is 37.0 Å². The second-order valence-electron chi connectivity index (χ2n) is 7.73. The van der Waals surface area contributed by atoms with Gasteiger partial charge >= 0.3 is 5.97 Å². The number of nitrogens with zero attached hydrogens (tertiary/aromatic N) is 3. The van der Waals surface area contributed by atoms with Crippen molar-refractivity contribution >= 4 is 17.6 Å². The Morgan fingerprint density at radius 2 is 1.79 bits per heavy atom. The van der Waals surface area contributed by atoms with Crippen molar-refractivity contribution in [1.29, 1.82) is 5.26 Å². The van der Waals surface area contributed by atoms with E-state index < -0.39 is 5.97 Å². The first-order valence-corrected chi connectivity index (χ1v) is 10.9. The number of anilines is 1. The fourth-order valence-electron chi connectivity index (χ4n) is 3.59. The summed E-state index contributed by atoms with van der Waals surface area (Å²) < 4.78 is 6.57. The molecule has 1 amide bonds. The maximum atomic E-state index is 12.5. The first kappa shape index (κ1) is 24.3. The van der Waals surface area contributed by atoms with E-state index in [1.807, 2.05) is 48.9 Å². The fourth-order valence-corrected chi connectivity index (χ4v) is 3.59. The predicted octanol–water partition coefficient (Wildman–Crippen LogP) is 4.17. The molecule has 0 fully saturated rings. The first-order chi connectivity index (χ1) is 16.4. The Kier molecular flexibility index (Phi) is 8.21. The van der Waals surface area contributed by atoms with Crippen LogP contribution in [0.1, 0.15) is 51.3 Å². The molecule has 1 heterocycles. The van der Waals surface area contributed by atoms with Gasteiger partial charge in [0.05, 0.1) is 37.4 Å². The van der Waals surface area contributed by atoms with E-state index in [9.17, 15) is 9.59 Å². The quantitative estimate of drug-likeness (QED) is 0.427. The number of nitriles is 1. The molecule has 0 unspecified atom stereocenters. The van der Waals surface area contributed by atoms with E-state index in [2.05, 4.69) is 28.3 Å². The van der Waals surface area contributed by atoms with Crippen LogP contribution in [0.2, 0.25) is 0 Å². The first-order valence-electron chi connectivity index (χ1n) is 10.9. The summed E-state index contributed by atoms with van der Waals surface area (Å²) in [7, 11) is 1.34. The van der Waals surface area contributed by atoms with Gasteiger partial charge in [-0.25, -0.2) is 4.79 Å². The van der Waals surface area contributed by atoms with Crippen LogP contribution in [0.4, 0.5) is 5.69 Å². The highest BCUT2D eigenvalue weighted by Gasteiger charge is 2.13. The molecular weight excluding hydrogens is 428 g/mol. The van der Waals surface area contributed by atoms with Crippen LogP contribution < -0.4 is 5.32 Å². The molecule has 3 aromatic rings. The third-order valence-corrected chi connectivity index (χ3v) is 5.35. The number of aromatic nitrogens is 2. The van der Waals surface area contributed by atoms with Crippen molar-refractivity contribution in [2.45, 2.75) is 39.7 Å². The van der Waals surface area contributed by atoms with Gasteiger partial charge in [-0.05, 0) is 62.2 Å². The number of ether oxygens (including phenoxy) is 1. The number of aryl methyl sites for hydroxylation is 2. The third-order valence-electron chi connectivity index (χ3n) is 5.35. The summed E-state index contributed by atoms with van der Waals surface area (Å²) in [4.78, 5) is 24.2. The minimum Gasteiger partial charge on any atom is -0.465 e. The number of esters is 1. The molecule has 172 valence electrons. The molecule has 7 nitrogen and oxygen atoms in total. The van der Waals surface area contributed by atoms with Gasteiger partial charge in [-0.1, -0.05) is 24.0 Å². The zero-order chi connectivity index (χ0) is 24.5. The number of amides is 1. The van der Waals surface area contributed by atoms with E-state index in [-0.39, 0.29) is 5.91 Å². The van der Waals surface area contributed by atoms with Gasteiger partial charge in [0.1, 0.15) is 0 Å². The molecule has 0 bridgehead atoms. The minimum atomic E-state index is -0.409. The van der Waals surface area contributed by atoms with Gasteiger partial charge in [0.25, 0.3) is 0 Å². The van der Waals surface area contributed by atoms with Crippen LogP contribution in [-0.2, 0) is 22.5 Å². The zero-order valence-corrected chi connectivity index (χ0v) is 19.5. The highest BCUT2D eigenvalue weighted by atomic mass is 16.5. The van der Waals surface area contributed by atoms with Crippen molar-refractivity contribution in [3.63, 3.8) is 0 Å². The summed E-state index contributed by atoms with van der Waals surface area (Å²) in [6, 6.07) is 16.4. The van der Waals surface area contributed by atoms with Crippen molar-refractivity contribution < 1.29 is 14.3 Å². The van der Waals surface area contributed by atoms with Crippen LogP contribution in [0.15, 0.2) is 48.5 Å². The zero-order valence-electron chi connectivity index (χ0n) is 19.5. The van der Waals surface area contributed by atoms with Gasteiger partial charge in [0, 0.05) is 28.9 Å². The standard InChI is InChI=1S/C27H26N4O3/c1-19-25(20(2)31(30-19)16-6-15-28)13-14-26(32)29-24-10-5-8-22(18-24)12-11-21-7-4-9-23(17-21)27(33)34-3/h4-5,7-10,17-18H,6,13-14,16H2,1-3H3,(H,29,32). The molecule has 0 aliphatic rings. The van der Waals surface area contributed by atoms with E-state index >= 15 is 0 Å². The van der Waals surface area contributed by atoms with Crippen molar-refractivity contribution in [3.8, 4) is 17.9 Å². The Bertz CT molecular complexity index is 1310. The van der Waals surface area contributed by atoms with E-state index in [0.717, 1.165) is 22.5 Å². The van der Waals surface area contributed by atoms with E-state index in [4.69, 9.17) is 10.00 Å². The van der Waals surface area contributed by atoms with E-state index in [1.54, 1.807) is 18.2 Å². The van der Waals surface area contributed by atoms with Crippen molar-refractivity contribution in [3.05, 3.63) is 82.2 Å². The lowest BCUT2D eigenvalue weighted by atomic mass is 10.1. The molecule has 0 aliphatic carbocycles. The molecule has 1 aromatic heterocycles. The van der Waals surface area contributed by atoms with Gasteiger partial charge in [-0.3, -0.25) is 9.48 Å². The van der Waals surface area contributed by atoms with Crippen LogP contribution in [0.25, 0.3) is 0 Å². The number of carbonyl (C=O) groups excluding carboxylic acids is 2. The van der Waals surface area contributed by atoms with Gasteiger partial charge in [0.15, 0.2) is 0 Å². The highest BCUT2D eigenvalue weighted by Crippen LogP contribution is 2.17. The molecule has 0 saturated heterocycles. The van der Waals surface area contributed by atoms with Gasteiger partial charge in [-0.2, -0.15) is 10.4 Å². The lowest BCUT2D eigenvalue weighted by molar-refractivity contribution is -0.116. The van der Waals surface area contributed by atoms with Gasteiger partial charge in [-0.15, -0.1) is 0 Å². The number of rotatable bonds is 7. The smallest absolute Gasteiger partial charge is 0.337 e. The molecule has 0 spiro atoms. The molecule has 3 rings (SSSR count). The summed E-state index contributed by atoms with van der Waals surface area (Å²) >= 11 is 0. The number of hydrogen-bond donors (Lipinski definition) is 1. The van der Waals surface area contributed by atoms with Crippen molar-refractivity contribution in [2.24, 2.45) is 0 Å². The summed E-state index contributed by atoms with van der Waals surface area (Å²) in [5.41, 5.74) is 5.47. The van der Waals surface area contributed by atoms with Crippen LogP contribution in [-0.4, -0.2) is 28.8 Å². The third kappa shape index (κ3) is 6.34. The van der Waals surface area contributed by atoms with E-state index in [0.29, 0.717) is 42.6 Å². The number of methoxy groups -OCH3 is 1. The van der Waals surface area contributed by atoms with Crippen LogP contribution >= 0.6 is 0 Å². The molecule has 1 N–H and O–H groups in total. The van der Waals surface area contributed by atoms with Crippen molar-refractivity contribution in [1.82, 2.24) is 9.78 Å². The Labute approximate surface area is 199 Å². The molecule has 0 aliphatic heterocycles. The highest BCUT2D eigenvalue weighted by molar-refractivity contribution is 5.91. The SMILES string of the molecule is COC(=O)c1cccc(C#Cc2cccc(NC(=O)CCc3c(C)nn(CCC#N)c3C)c2)c1. The van der Waals surface area contributed by atoms with Crippen molar-refractivity contribution in [2.75, 3.05) is 12.4 Å². The fraction of sp³-hybridized carbons (Fsp3) is 0.259. The second kappa shape index (κ2) is 11.5. The number of hydrogen-bond acceptors (Lipinski definition) is 5. The largest absolute Gasteiger partial charge is 0.465 e.